The number of amides is 1. The summed E-state index contributed by atoms with van der Waals surface area (Å²) < 4.78 is 11.3. The van der Waals surface area contributed by atoms with E-state index >= 15 is 0 Å². The Hall–Kier alpha value is -0.810. The van der Waals surface area contributed by atoms with Crippen LogP contribution in [0, 0.1) is 0 Å². The molecule has 72 heavy (non-hydrogen) atoms. The maximum Gasteiger partial charge on any atom is 0.220 e. The van der Waals surface area contributed by atoms with Crippen molar-refractivity contribution in [3.63, 3.8) is 0 Å². The third kappa shape index (κ3) is 42.3. The largest absolute Gasteiger partial charge is 0.394 e. The van der Waals surface area contributed by atoms with Gasteiger partial charge in [0.1, 0.15) is 24.4 Å². The molecule has 7 unspecified atom stereocenters. The average Bonchev–Trinajstić information content (AvgIpc) is 3.38. The van der Waals surface area contributed by atoms with Gasteiger partial charge in [0.05, 0.1) is 25.4 Å². The number of aliphatic hydroxyl groups excluding tert-OH is 5. The molecule has 1 aliphatic heterocycles. The summed E-state index contributed by atoms with van der Waals surface area (Å²) in [6, 6.07) is -0.713. The van der Waals surface area contributed by atoms with Crippen molar-refractivity contribution in [2.24, 2.45) is 0 Å². The Morgan fingerprint density at radius 3 is 0.986 bits per heavy atom. The van der Waals surface area contributed by atoms with Gasteiger partial charge < -0.3 is 40.3 Å². The molecule has 0 aromatic carbocycles. The fourth-order valence-corrected chi connectivity index (χ4v) is 10.9. The van der Waals surface area contributed by atoms with Crippen molar-refractivity contribution >= 4 is 5.91 Å². The molecule has 0 aromatic rings. The lowest BCUT2D eigenvalue weighted by Crippen LogP contribution is -2.60. The van der Waals surface area contributed by atoms with Gasteiger partial charge >= 0.3 is 0 Å². The Balaban J connectivity index is 2.00. The Morgan fingerprint density at radius 1 is 0.417 bits per heavy atom. The summed E-state index contributed by atoms with van der Waals surface area (Å²) >= 11 is 0. The van der Waals surface area contributed by atoms with Gasteiger partial charge in [0.15, 0.2) is 6.29 Å². The van der Waals surface area contributed by atoms with E-state index in [0.29, 0.717) is 12.8 Å². The lowest BCUT2D eigenvalue weighted by Gasteiger charge is -2.40. The number of carbonyl (C=O) groups excluding carboxylic acids is 1. The molecule has 1 aliphatic rings. The van der Waals surface area contributed by atoms with E-state index in [1.807, 2.05) is 0 Å². The summed E-state index contributed by atoms with van der Waals surface area (Å²) in [5.41, 5.74) is 0. The van der Waals surface area contributed by atoms with E-state index in [2.05, 4.69) is 19.2 Å². The summed E-state index contributed by atoms with van der Waals surface area (Å²) in [4.78, 5) is 13.1. The zero-order valence-corrected chi connectivity index (χ0v) is 48.0. The van der Waals surface area contributed by atoms with Gasteiger partial charge in [-0.25, -0.2) is 0 Å². The Bertz CT molecular complexity index is 1100. The molecule has 9 heteroatoms. The zero-order valence-electron chi connectivity index (χ0n) is 48.0. The maximum atomic E-state index is 13.1. The van der Waals surface area contributed by atoms with E-state index in [1.165, 1.54) is 276 Å². The summed E-state index contributed by atoms with van der Waals surface area (Å²) in [5, 5.41) is 54.6. The normalized spacial score (nSPS) is 19.0. The lowest BCUT2D eigenvalue weighted by atomic mass is 9.99. The lowest BCUT2D eigenvalue weighted by molar-refractivity contribution is -0.302. The highest BCUT2D eigenvalue weighted by Crippen LogP contribution is 2.24. The first-order valence-electron chi connectivity index (χ1n) is 32.2. The number of unbranched alkanes of at least 4 members (excludes halogenated alkanes) is 47. The van der Waals surface area contributed by atoms with Crippen molar-refractivity contribution in [3.8, 4) is 0 Å². The highest BCUT2D eigenvalue weighted by atomic mass is 16.7. The molecule has 0 radical (unpaired) electrons. The van der Waals surface area contributed by atoms with Crippen molar-refractivity contribution < 1.29 is 39.8 Å². The van der Waals surface area contributed by atoms with E-state index in [9.17, 15) is 30.3 Å². The van der Waals surface area contributed by atoms with Crippen molar-refractivity contribution in [2.75, 3.05) is 13.2 Å². The van der Waals surface area contributed by atoms with Crippen LogP contribution in [0.15, 0.2) is 0 Å². The molecule has 6 N–H and O–H groups in total. The van der Waals surface area contributed by atoms with Crippen molar-refractivity contribution in [1.82, 2.24) is 5.32 Å². The SMILES string of the molecule is CCCCCCCCCCCCCCCCCCCCCCCCCCCCCCCCCCCCCCCC(=O)NC(COC1OC(CO)C(O)C(O)C1O)C(O)CCCCCCCCCCCCCC. The van der Waals surface area contributed by atoms with Gasteiger partial charge in [-0.1, -0.05) is 322 Å². The van der Waals surface area contributed by atoms with Gasteiger partial charge in [-0.05, 0) is 12.8 Å². The van der Waals surface area contributed by atoms with Crippen LogP contribution in [0.1, 0.15) is 341 Å². The first kappa shape index (κ1) is 69.2. The highest BCUT2D eigenvalue weighted by molar-refractivity contribution is 5.76. The number of aliphatic hydroxyl groups is 5. The smallest absolute Gasteiger partial charge is 0.220 e. The number of hydrogen-bond donors (Lipinski definition) is 6. The summed E-state index contributed by atoms with van der Waals surface area (Å²) in [5.74, 6) is -0.137. The first-order chi connectivity index (χ1) is 35.3. The summed E-state index contributed by atoms with van der Waals surface area (Å²) in [6.07, 6.45) is 59.0. The molecular formula is C63H125NO8. The minimum Gasteiger partial charge on any atom is -0.394 e. The van der Waals surface area contributed by atoms with E-state index in [-0.39, 0.29) is 12.5 Å². The van der Waals surface area contributed by atoms with Crippen molar-refractivity contribution in [2.45, 2.75) is 384 Å². The van der Waals surface area contributed by atoms with Gasteiger partial charge in [0.2, 0.25) is 5.91 Å². The highest BCUT2D eigenvalue weighted by Gasteiger charge is 2.44. The van der Waals surface area contributed by atoms with Crippen LogP contribution in [0.5, 0.6) is 0 Å². The van der Waals surface area contributed by atoms with E-state index in [0.717, 1.165) is 38.5 Å². The third-order valence-electron chi connectivity index (χ3n) is 16.0. The molecule has 1 heterocycles. The molecule has 1 saturated heterocycles. The Labute approximate surface area is 446 Å². The molecule has 9 nitrogen and oxygen atoms in total. The Morgan fingerprint density at radius 2 is 0.694 bits per heavy atom. The van der Waals surface area contributed by atoms with Gasteiger partial charge in [0, 0.05) is 6.42 Å². The second-order valence-corrected chi connectivity index (χ2v) is 22.9. The predicted octanol–water partition coefficient (Wildman–Crippen LogP) is 16.6. The van der Waals surface area contributed by atoms with Crippen LogP contribution >= 0.6 is 0 Å². The monoisotopic (exact) mass is 1020 g/mol. The molecule has 7 atom stereocenters. The molecular weight excluding hydrogens is 899 g/mol. The fourth-order valence-electron chi connectivity index (χ4n) is 10.9. The molecule has 0 aromatic heterocycles. The number of rotatable bonds is 57. The molecule has 430 valence electrons. The second-order valence-electron chi connectivity index (χ2n) is 22.9. The average molecular weight is 1020 g/mol. The number of hydrogen-bond acceptors (Lipinski definition) is 8. The van der Waals surface area contributed by atoms with E-state index in [4.69, 9.17) is 9.47 Å². The minimum absolute atomic E-state index is 0.131. The minimum atomic E-state index is -1.55. The van der Waals surface area contributed by atoms with Gasteiger partial charge in [-0.2, -0.15) is 0 Å². The summed E-state index contributed by atoms with van der Waals surface area (Å²) in [6.45, 7) is 3.87. The van der Waals surface area contributed by atoms with Crippen LogP contribution in [0.25, 0.3) is 0 Å². The topological polar surface area (TPSA) is 149 Å². The van der Waals surface area contributed by atoms with Crippen LogP contribution in [0.4, 0.5) is 0 Å². The Kier molecular flexibility index (Phi) is 51.5. The molecule has 0 bridgehead atoms. The van der Waals surface area contributed by atoms with Gasteiger partial charge in [-0.3, -0.25) is 4.79 Å². The van der Waals surface area contributed by atoms with Crippen LogP contribution in [0.2, 0.25) is 0 Å². The number of nitrogens with one attached hydrogen (secondary N) is 1. The molecule has 1 fully saturated rings. The number of carbonyl (C=O) groups is 1. The third-order valence-corrected chi connectivity index (χ3v) is 16.0. The second kappa shape index (κ2) is 53.6. The first-order valence-corrected chi connectivity index (χ1v) is 32.2. The molecule has 0 aliphatic carbocycles. The molecule has 1 amide bonds. The number of ether oxygens (including phenoxy) is 2. The van der Waals surface area contributed by atoms with Crippen molar-refractivity contribution in [3.05, 3.63) is 0 Å². The predicted molar refractivity (Wildman–Crippen MR) is 304 cm³/mol. The van der Waals surface area contributed by atoms with Crippen LogP contribution in [-0.2, 0) is 14.3 Å². The molecule has 0 saturated carbocycles. The molecule has 0 spiro atoms. The quantitative estimate of drug-likeness (QED) is 0.0330. The van der Waals surface area contributed by atoms with E-state index in [1.54, 1.807) is 0 Å². The van der Waals surface area contributed by atoms with Crippen LogP contribution in [0.3, 0.4) is 0 Å². The van der Waals surface area contributed by atoms with Crippen molar-refractivity contribution in [1.29, 1.82) is 0 Å². The van der Waals surface area contributed by atoms with Crippen LogP contribution in [-0.4, -0.2) is 87.5 Å². The maximum absolute atomic E-state index is 13.1. The molecule has 1 rings (SSSR count). The van der Waals surface area contributed by atoms with Crippen LogP contribution < -0.4 is 5.32 Å². The zero-order chi connectivity index (χ0) is 52.2. The van der Waals surface area contributed by atoms with Gasteiger partial charge in [0.25, 0.3) is 0 Å². The van der Waals surface area contributed by atoms with E-state index < -0.39 is 49.5 Å². The standard InChI is InChI=1S/C63H125NO8/c1-3-5-7-9-11-13-15-17-18-19-20-21-22-23-24-25-26-27-28-29-30-31-32-33-34-35-36-37-38-39-40-41-43-45-47-49-51-53-59(67)64-56(55-71-63-62(70)61(69)60(68)58(54-65)72-63)57(66)52-50-48-46-44-42-16-14-12-10-8-6-4-2/h56-58,60-63,65-66,68-70H,3-55H2,1-2H3,(H,64,67). The summed E-state index contributed by atoms with van der Waals surface area (Å²) in [7, 11) is 0. The fraction of sp³-hybridized carbons (Fsp3) is 0.984. The van der Waals surface area contributed by atoms with Gasteiger partial charge in [-0.15, -0.1) is 0 Å².